The second-order valence-corrected chi connectivity index (χ2v) is 8.22. The maximum Gasteiger partial charge on any atom is 0.279 e. The average Bonchev–Trinajstić information content (AvgIpc) is 2.41. The molecule has 6 nitrogen and oxygen atoms in total. The molecule has 1 aliphatic rings. The largest absolute Gasteiger partial charge is 0.314 e. The number of hydrogen-bond donors (Lipinski definition) is 2. The molecule has 126 valence electrons. The second-order valence-electron chi connectivity index (χ2n) is 6.46. The molecular weight excluding hydrogens is 288 g/mol. The van der Waals surface area contributed by atoms with Gasteiger partial charge in [0.1, 0.15) is 0 Å². The van der Waals surface area contributed by atoms with Gasteiger partial charge in [-0.2, -0.15) is 12.7 Å². The Balaban J connectivity index is 2.28. The minimum atomic E-state index is -3.29. The fraction of sp³-hybridized carbons (Fsp3) is 1.00. The molecule has 0 unspecified atom stereocenters. The van der Waals surface area contributed by atoms with Crippen LogP contribution in [0.3, 0.4) is 0 Å². The molecule has 1 fully saturated rings. The van der Waals surface area contributed by atoms with E-state index in [-0.39, 0.29) is 0 Å². The highest BCUT2D eigenvalue weighted by atomic mass is 32.2. The molecule has 0 aromatic rings. The van der Waals surface area contributed by atoms with Gasteiger partial charge in [0.15, 0.2) is 0 Å². The van der Waals surface area contributed by atoms with E-state index in [2.05, 4.69) is 28.8 Å². The molecule has 0 aliphatic carbocycles. The lowest BCUT2D eigenvalue weighted by Crippen LogP contribution is -2.46. The summed E-state index contributed by atoms with van der Waals surface area (Å²) in [5, 5.41) is 3.43. The molecule has 1 saturated heterocycles. The summed E-state index contributed by atoms with van der Waals surface area (Å²) in [6.45, 7) is 7.93. The van der Waals surface area contributed by atoms with E-state index in [4.69, 9.17) is 0 Å². The molecule has 0 aromatic carbocycles. The quantitative estimate of drug-likeness (QED) is 0.607. The van der Waals surface area contributed by atoms with Gasteiger partial charge in [0.05, 0.1) is 0 Å². The van der Waals surface area contributed by atoms with Crippen LogP contribution >= 0.6 is 0 Å². The third kappa shape index (κ3) is 7.56. The van der Waals surface area contributed by atoms with Crippen LogP contribution in [0.5, 0.6) is 0 Å². The zero-order chi connectivity index (χ0) is 15.9. The van der Waals surface area contributed by atoms with Gasteiger partial charge in [0, 0.05) is 25.7 Å². The molecule has 7 heteroatoms. The predicted octanol–water partition coefficient (Wildman–Crippen LogP) is 0.483. The normalized spacial score (nSPS) is 18.8. The van der Waals surface area contributed by atoms with Crippen molar-refractivity contribution in [2.24, 2.45) is 5.92 Å². The smallest absolute Gasteiger partial charge is 0.279 e. The minimum Gasteiger partial charge on any atom is -0.314 e. The first-order chi connectivity index (χ1) is 9.81. The van der Waals surface area contributed by atoms with Crippen molar-refractivity contribution in [2.75, 3.05) is 46.8 Å². The number of rotatable bonds is 9. The van der Waals surface area contributed by atoms with Crippen LogP contribution in [0.25, 0.3) is 0 Å². The maximum absolute atomic E-state index is 12.2. The fourth-order valence-electron chi connectivity index (χ4n) is 2.44. The summed E-state index contributed by atoms with van der Waals surface area (Å²) < 4.78 is 28.7. The molecule has 0 aromatic heterocycles. The highest BCUT2D eigenvalue weighted by Crippen LogP contribution is 2.18. The van der Waals surface area contributed by atoms with Crippen molar-refractivity contribution in [1.82, 2.24) is 19.2 Å². The first-order valence-electron chi connectivity index (χ1n) is 7.94. The van der Waals surface area contributed by atoms with Crippen molar-refractivity contribution in [3.63, 3.8) is 0 Å². The Hall–Kier alpha value is -0.210. The summed E-state index contributed by atoms with van der Waals surface area (Å²) in [5.41, 5.74) is 0. The summed E-state index contributed by atoms with van der Waals surface area (Å²) in [4.78, 5) is 2.06. The molecule has 0 amide bonds. The van der Waals surface area contributed by atoms with Crippen LogP contribution in [0.15, 0.2) is 0 Å². The summed E-state index contributed by atoms with van der Waals surface area (Å²) in [6.07, 6.45) is 2.72. The van der Waals surface area contributed by atoms with Gasteiger partial charge in [-0.3, -0.25) is 0 Å². The first kappa shape index (κ1) is 18.8. The van der Waals surface area contributed by atoms with Gasteiger partial charge in [-0.1, -0.05) is 13.8 Å². The predicted molar refractivity (Wildman–Crippen MR) is 87.5 cm³/mol. The van der Waals surface area contributed by atoms with E-state index >= 15 is 0 Å². The van der Waals surface area contributed by atoms with Gasteiger partial charge in [-0.15, -0.1) is 0 Å². The standard InChI is InChI=1S/C14H32N4O2S/c1-13(2)15-12-14-6-10-18(11-7-14)21(19,20)16-8-5-9-17(3)4/h13-16H,5-12H2,1-4H3. The van der Waals surface area contributed by atoms with Crippen LogP contribution in [0.2, 0.25) is 0 Å². The number of piperidine rings is 1. The SMILES string of the molecule is CC(C)NCC1CCN(S(=O)(=O)NCCCN(C)C)CC1. The van der Waals surface area contributed by atoms with Crippen molar-refractivity contribution < 1.29 is 8.42 Å². The van der Waals surface area contributed by atoms with E-state index in [9.17, 15) is 8.42 Å². The van der Waals surface area contributed by atoms with Crippen LogP contribution in [0.1, 0.15) is 33.1 Å². The topological polar surface area (TPSA) is 64.7 Å². The highest BCUT2D eigenvalue weighted by molar-refractivity contribution is 7.87. The Bertz CT molecular complexity index is 376. The van der Waals surface area contributed by atoms with Crippen molar-refractivity contribution in [1.29, 1.82) is 0 Å². The fourth-order valence-corrected chi connectivity index (χ4v) is 3.72. The van der Waals surface area contributed by atoms with E-state index in [1.807, 2.05) is 14.1 Å². The van der Waals surface area contributed by atoms with Crippen LogP contribution in [0.4, 0.5) is 0 Å². The van der Waals surface area contributed by atoms with Gasteiger partial charge in [0.2, 0.25) is 0 Å². The molecule has 1 heterocycles. The van der Waals surface area contributed by atoms with Gasteiger partial charge >= 0.3 is 0 Å². The summed E-state index contributed by atoms with van der Waals surface area (Å²) >= 11 is 0. The summed E-state index contributed by atoms with van der Waals surface area (Å²) in [7, 11) is 0.690. The Morgan fingerprint density at radius 2 is 1.86 bits per heavy atom. The molecular formula is C14H32N4O2S. The van der Waals surface area contributed by atoms with Crippen molar-refractivity contribution >= 4 is 10.2 Å². The van der Waals surface area contributed by atoms with Gasteiger partial charge in [-0.05, 0) is 52.4 Å². The van der Waals surface area contributed by atoms with Crippen LogP contribution in [0, 0.1) is 5.92 Å². The number of nitrogens with zero attached hydrogens (tertiary/aromatic N) is 2. The lowest BCUT2D eigenvalue weighted by Gasteiger charge is -2.31. The zero-order valence-corrected chi connectivity index (χ0v) is 14.7. The van der Waals surface area contributed by atoms with E-state index in [1.54, 1.807) is 4.31 Å². The van der Waals surface area contributed by atoms with Crippen molar-refractivity contribution in [2.45, 2.75) is 39.2 Å². The zero-order valence-electron chi connectivity index (χ0n) is 13.9. The molecule has 0 spiro atoms. The Kier molecular flexibility index (Phi) is 8.12. The molecule has 0 radical (unpaired) electrons. The third-order valence-electron chi connectivity index (χ3n) is 3.79. The van der Waals surface area contributed by atoms with E-state index in [1.165, 1.54) is 0 Å². The molecule has 1 aliphatic heterocycles. The molecule has 0 atom stereocenters. The summed E-state index contributed by atoms with van der Waals surface area (Å²) in [6, 6.07) is 0.491. The highest BCUT2D eigenvalue weighted by Gasteiger charge is 2.27. The Morgan fingerprint density at radius 1 is 1.24 bits per heavy atom. The van der Waals surface area contributed by atoms with Crippen LogP contribution in [-0.2, 0) is 10.2 Å². The minimum absolute atomic E-state index is 0.491. The monoisotopic (exact) mass is 320 g/mol. The van der Waals surface area contributed by atoms with Gasteiger partial charge in [0.25, 0.3) is 10.2 Å². The first-order valence-corrected chi connectivity index (χ1v) is 9.38. The van der Waals surface area contributed by atoms with Crippen molar-refractivity contribution in [3.05, 3.63) is 0 Å². The van der Waals surface area contributed by atoms with Gasteiger partial charge in [-0.25, -0.2) is 4.72 Å². The molecule has 0 saturated carbocycles. The molecule has 2 N–H and O–H groups in total. The maximum atomic E-state index is 12.2. The third-order valence-corrected chi connectivity index (χ3v) is 5.41. The van der Waals surface area contributed by atoms with Crippen molar-refractivity contribution in [3.8, 4) is 0 Å². The van der Waals surface area contributed by atoms with E-state index < -0.39 is 10.2 Å². The van der Waals surface area contributed by atoms with E-state index in [0.29, 0.717) is 31.6 Å². The summed E-state index contributed by atoms with van der Waals surface area (Å²) in [5.74, 6) is 0.590. The number of nitrogens with one attached hydrogen (secondary N) is 2. The number of hydrogen-bond acceptors (Lipinski definition) is 4. The van der Waals surface area contributed by atoms with Crippen LogP contribution in [-0.4, -0.2) is 70.5 Å². The molecule has 21 heavy (non-hydrogen) atoms. The van der Waals surface area contributed by atoms with Crippen LogP contribution < -0.4 is 10.0 Å². The molecule has 0 bridgehead atoms. The Morgan fingerprint density at radius 3 is 2.38 bits per heavy atom. The second kappa shape index (κ2) is 9.05. The van der Waals surface area contributed by atoms with E-state index in [0.717, 1.165) is 32.4 Å². The average molecular weight is 321 g/mol. The molecule has 1 rings (SSSR count). The lowest BCUT2D eigenvalue weighted by molar-refractivity contribution is 0.261. The van der Waals surface area contributed by atoms with Gasteiger partial charge < -0.3 is 10.2 Å². The lowest BCUT2D eigenvalue weighted by atomic mass is 9.98. The Labute approximate surface area is 130 Å².